The molecule has 7 heteroatoms. The molecule has 0 radical (unpaired) electrons. The normalized spacial score (nSPS) is 19.1. The molecule has 0 aliphatic carbocycles. The van der Waals surface area contributed by atoms with E-state index < -0.39 is 15.6 Å². The quantitative estimate of drug-likeness (QED) is 0.778. The number of carbonyl (C=O) groups is 1. The third kappa shape index (κ3) is 6.25. The van der Waals surface area contributed by atoms with E-state index in [0.717, 1.165) is 12.8 Å². The van der Waals surface area contributed by atoms with Gasteiger partial charge in [-0.2, -0.15) is 0 Å². The predicted octanol–water partition coefficient (Wildman–Crippen LogP) is 3.50. The molecular weight excluding hydrogens is 376 g/mol. The van der Waals surface area contributed by atoms with Crippen LogP contribution in [0.4, 0.5) is 4.79 Å². The first-order valence-electron chi connectivity index (χ1n) is 9.40. The average molecular weight is 407 g/mol. The van der Waals surface area contributed by atoms with Gasteiger partial charge >= 0.3 is 6.09 Å². The highest BCUT2D eigenvalue weighted by Crippen LogP contribution is 2.35. The maximum Gasteiger partial charge on any atom is 0.410 e. The number of likely N-dealkylation sites (tertiary alicyclic amines) is 1. The van der Waals surface area contributed by atoms with E-state index in [1.807, 2.05) is 25.7 Å². The molecule has 1 saturated heterocycles. The summed E-state index contributed by atoms with van der Waals surface area (Å²) < 4.78 is 28.3. The molecule has 0 unspecified atom stereocenters. The number of ether oxygens (including phenoxy) is 1. The summed E-state index contributed by atoms with van der Waals surface area (Å²) in [5.74, 6) is 6.44. The molecule has 1 heterocycles. The van der Waals surface area contributed by atoms with Gasteiger partial charge in [0.1, 0.15) is 5.60 Å². The molecule has 1 aliphatic heterocycles. The van der Waals surface area contributed by atoms with Gasteiger partial charge in [-0.3, -0.25) is 0 Å². The number of hydrogen-bond acceptors (Lipinski definition) is 4. The predicted molar refractivity (Wildman–Crippen MR) is 109 cm³/mol. The van der Waals surface area contributed by atoms with Crippen molar-refractivity contribution in [1.82, 2.24) is 4.90 Å². The zero-order valence-corrected chi connectivity index (χ0v) is 18.1. The Kier molecular flexibility index (Phi) is 6.47. The molecule has 1 amide bonds. The first-order chi connectivity index (χ1) is 12.8. The maximum atomic E-state index is 12.5. The van der Waals surface area contributed by atoms with Crippen LogP contribution in [0.25, 0.3) is 0 Å². The highest BCUT2D eigenvalue weighted by Gasteiger charge is 2.42. The topological polar surface area (TPSA) is 89.7 Å². The van der Waals surface area contributed by atoms with Gasteiger partial charge in [-0.25, -0.2) is 18.4 Å². The van der Waals surface area contributed by atoms with E-state index in [2.05, 4.69) is 25.7 Å². The Balaban J connectivity index is 1.95. The number of nitrogens with zero attached hydrogens (tertiary/aromatic N) is 1. The molecule has 2 N–H and O–H groups in total. The maximum absolute atomic E-state index is 12.5. The van der Waals surface area contributed by atoms with Gasteiger partial charge in [0.25, 0.3) is 0 Å². The van der Waals surface area contributed by atoms with Crippen LogP contribution in [0.5, 0.6) is 0 Å². The lowest BCUT2D eigenvalue weighted by Gasteiger charge is -2.33. The fraction of sp³-hybridized carbons (Fsp3) is 0.571. The van der Waals surface area contributed by atoms with Crippen molar-refractivity contribution in [2.45, 2.75) is 69.9 Å². The zero-order chi connectivity index (χ0) is 21.2. The smallest absolute Gasteiger partial charge is 0.410 e. The molecule has 1 aromatic carbocycles. The van der Waals surface area contributed by atoms with Gasteiger partial charge in [-0.1, -0.05) is 17.9 Å². The second kappa shape index (κ2) is 8.14. The SMILES string of the molecule is CC(C)(C)OC(=O)N1C[C@@H](CCC#Cc2cccc(S(N)(=O)=O)c2)CC1(C)C. The number of amides is 1. The Labute approximate surface area is 168 Å². The number of carbonyl (C=O) groups excluding carboxylic acids is 1. The second-order valence-electron chi connectivity index (χ2n) is 8.89. The molecular formula is C21H30N2O4S. The number of rotatable bonds is 3. The molecule has 0 spiro atoms. The minimum absolute atomic E-state index is 0.0600. The van der Waals surface area contributed by atoms with Gasteiger partial charge in [0.05, 0.1) is 4.90 Å². The van der Waals surface area contributed by atoms with Crippen LogP contribution in [0.1, 0.15) is 59.4 Å². The monoisotopic (exact) mass is 406 g/mol. The van der Waals surface area contributed by atoms with E-state index in [1.54, 1.807) is 12.1 Å². The van der Waals surface area contributed by atoms with Crippen molar-refractivity contribution in [2.24, 2.45) is 11.1 Å². The van der Waals surface area contributed by atoms with Gasteiger partial charge in [-0.15, -0.1) is 0 Å². The fourth-order valence-electron chi connectivity index (χ4n) is 3.41. The van der Waals surface area contributed by atoms with Gasteiger partial charge in [-0.05, 0) is 71.6 Å². The van der Waals surface area contributed by atoms with Crippen LogP contribution in [-0.2, 0) is 14.8 Å². The van der Waals surface area contributed by atoms with Crippen LogP contribution >= 0.6 is 0 Å². The van der Waals surface area contributed by atoms with Gasteiger partial charge in [0, 0.05) is 24.1 Å². The molecule has 1 atom stereocenters. The Hall–Kier alpha value is -2.04. The standard InChI is InChI=1S/C21H30N2O4S/c1-20(2,3)27-19(24)23-15-17(14-21(23,4)5)10-7-6-9-16-11-8-12-18(13-16)28(22,25)26/h8,11-13,17H,7,10,14-15H2,1-5H3,(H2,22,25,26)/t17-/m0/s1. The third-order valence-corrected chi connectivity index (χ3v) is 5.56. The first kappa shape index (κ1) is 22.3. The molecule has 28 heavy (non-hydrogen) atoms. The Morgan fingerprint density at radius 1 is 1.36 bits per heavy atom. The summed E-state index contributed by atoms with van der Waals surface area (Å²) >= 11 is 0. The summed E-state index contributed by atoms with van der Waals surface area (Å²) in [5, 5.41) is 5.15. The second-order valence-corrected chi connectivity index (χ2v) is 10.4. The van der Waals surface area contributed by atoms with Crippen molar-refractivity contribution in [1.29, 1.82) is 0 Å². The van der Waals surface area contributed by atoms with Crippen molar-refractivity contribution in [2.75, 3.05) is 6.54 Å². The molecule has 1 aromatic rings. The number of hydrogen-bond donors (Lipinski definition) is 1. The highest BCUT2D eigenvalue weighted by atomic mass is 32.2. The van der Waals surface area contributed by atoms with E-state index in [4.69, 9.17) is 9.88 Å². The fourth-order valence-corrected chi connectivity index (χ4v) is 3.97. The first-order valence-corrected chi connectivity index (χ1v) is 10.9. The average Bonchev–Trinajstić information content (AvgIpc) is 2.84. The van der Waals surface area contributed by atoms with Crippen LogP contribution < -0.4 is 5.14 Å². The van der Waals surface area contributed by atoms with Crippen LogP contribution in [-0.4, -0.2) is 37.1 Å². The summed E-state index contributed by atoms with van der Waals surface area (Å²) in [4.78, 5) is 14.3. The minimum Gasteiger partial charge on any atom is -0.444 e. The molecule has 0 aromatic heterocycles. The highest BCUT2D eigenvalue weighted by molar-refractivity contribution is 7.89. The van der Waals surface area contributed by atoms with Crippen molar-refractivity contribution in [3.63, 3.8) is 0 Å². The molecule has 0 saturated carbocycles. The molecule has 2 rings (SSSR count). The van der Waals surface area contributed by atoms with Gasteiger partial charge in [0.15, 0.2) is 0 Å². The number of nitrogens with two attached hydrogens (primary N) is 1. The van der Waals surface area contributed by atoms with E-state index in [0.29, 0.717) is 24.4 Å². The summed E-state index contributed by atoms with van der Waals surface area (Å²) in [6, 6.07) is 6.31. The summed E-state index contributed by atoms with van der Waals surface area (Å²) in [6.45, 7) is 10.4. The van der Waals surface area contributed by atoms with Crippen molar-refractivity contribution >= 4 is 16.1 Å². The van der Waals surface area contributed by atoms with E-state index in [-0.39, 0.29) is 16.5 Å². The van der Waals surface area contributed by atoms with Gasteiger partial charge in [0.2, 0.25) is 10.0 Å². The summed E-state index contributed by atoms with van der Waals surface area (Å²) in [7, 11) is -3.73. The molecule has 1 fully saturated rings. The Morgan fingerprint density at radius 2 is 2.04 bits per heavy atom. The van der Waals surface area contributed by atoms with Crippen LogP contribution in [0.3, 0.4) is 0 Å². The number of primary sulfonamides is 1. The van der Waals surface area contributed by atoms with Crippen LogP contribution in [0.2, 0.25) is 0 Å². The number of benzene rings is 1. The van der Waals surface area contributed by atoms with E-state index in [9.17, 15) is 13.2 Å². The van der Waals surface area contributed by atoms with Crippen molar-refractivity contribution < 1.29 is 17.9 Å². The largest absolute Gasteiger partial charge is 0.444 e. The van der Waals surface area contributed by atoms with Crippen molar-refractivity contribution in [3.8, 4) is 11.8 Å². The molecule has 0 bridgehead atoms. The lowest BCUT2D eigenvalue weighted by atomic mass is 9.93. The lowest BCUT2D eigenvalue weighted by Crippen LogP contribution is -2.45. The Morgan fingerprint density at radius 3 is 2.64 bits per heavy atom. The summed E-state index contributed by atoms with van der Waals surface area (Å²) in [6.07, 6.45) is 2.16. The van der Waals surface area contributed by atoms with Crippen molar-refractivity contribution in [3.05, 3.63) is 29.8 Å². The summed E-state index contributed by atoms with van der Waals surface area (Å²) in [5.41, 5.74) is -0.138. The Bertz CT molecular complexity index is 889. The van der Waals surface area contributed by atoms with Crippen LogP contribution in [0, 0.1) is 17.8 Å². The zero-order valence-electron chi connectivity index (χ0n) is 17.3. The molecule has 6 nitrogen and oxygen atoms in total. The number of sulfonamides is 1. The lowest BCUT2D eigenvalue weighted by molar-refractivity contribution is 0.0131. The third-order valence-electron chi connectivity index (χ3n) is 4.65. The molecule has 1 aliphatic rings. The van der Waals surface area contributed by atoms with Gasteiger partial charge < -0.3 is 9.64 Å². The van der Waals surface area contributed by atoms with E-state index >= 15 is 0 Å². The van der Waals surface area contributed by atoms with Crippen LogP contribution in [0.15, 0.2) is 29.2 Å². The molecule has 154 valence electrons. The minimum atomic E-state index is -3.73. The van der Waals surface area contributed by atoms with E-state index in [1.165, 1.54) is 12.1 Å².